The fraction of sp³-hybridized carbons (Fsp3) is 0.385. The van der Waals surface area contributed by atoms with Crippen molar-refractivity contribution in [3.05, 3.63) is 29.3 Å². The Balaban J connectivity index is 3.33. The zero-order valence-corrected chi connectivity index (χ0v) is 12.8. The summed E-state index contributed by atoms with van der Waals surface area (Å²) in [6.45, 7) is 7.17. The summed E-state index contributed by atoms with van der Waals surface area (Å²) in [6, 6.07) is 0. The first-order valence-electron chi connectivity index (χ1n) is 5.98. The highest BCUT2D eigenvalue weighted by atomic mass is 32.1. The summed E-state index contributed by atoms with van der Waals surface area (Å²) in [7, 11) is 0. The number of thiazole rings is 1. The third-order valence-corrected chi connectivity index (χ3v) is 3.92. The van der Waals surface area contributed by atoms with E-state index in [1.165, 1.54) is 12.2 Å². The molecule has 0 aliphatic rings. The van der Waals surface area contributed by atoms with Crippen LogP contribution in [0.5, 0.6) is 0 Å². The number of aromatic nitrogens is 1. The Labute approximate surface area is 125 Å². The summed E-state index contributed by atoms with van der Waals surface area (Å²) >= 11 is 1.13. The average molecular weight is 318 g/mol. The Kier molecular flexibility index (Phi) is 4.83. The first kappa shape index (κ1) is 17.2. The van der Waals surface area contributed by atoms with E-state index in [9.17, 15) is 13.2 Å². The van der Waals surface area contributed by atoms with Crippen LogP contribution in [0.4, 0.5) is 18.3 Å². The first-order valence-corrected chi connectivity index (χ1v) is 6.79. The third kappa shape index (κ3) is 3.63. The summed E-state index contributed by atoms with van der Waals surface area (Å²) in [6.07, 6.45) is -1.61. The maximum atomic E-state index is 13.0. The average Bonchev–Trinajstić information content (AvgIpc) is 2.66. The van der Waals surface area contributed by atoms with Crippen LogP contribution in [-0.4, -0.2) is 17.0 Å². The van der Waals surface area contributed by atoms with Crippen molar-refractivity contribution < 1.29 is 13.2 Å². The second-order valence-electron chi connectivity index (χ2n) is 4.87. The van der Waals surface area contributed by atoms with Crippen molar-refractivity contribution in [3.63, 3.8) is 0 Å². The van der Waals surface area contributed by atoms with Crippen molar-refractivity contribution in [2.75, 3.05) is 5.73 Å². The van der Waals surface area contributed by atoms with Crippen LogP contribution in [0.15, 0.2) is 23.7 Å². The zero-order valence-electron chi connectivity index (χ0n) is 12.0. The van der Waals surface area contributed by atoms with Crippen LogP contribution in [0, 0.1) is 12.3 Å². The lowest BCUT2D eigenvalue weighted by Gasteiger charge is -2.27. The minimum absolute atomic E-state index is 0.256. The quantitative estimate of drug-likeness (QED) is 0.506. The highest BCUT2D eigenvalue weighted by Crippen LogP contribution is 2.38. The van der Waals surface area contributed by atoms with Crippen molar-refractivity contribution >= 4 is 28.0 Å². The zero-order chi connectivity index (χ0) is 16.4. The molecule has 0 aromatic carbocycles. The third-order valence-electron chi connectivity index (χ3n) is 2.91. The fourth-order valence-corrected chi connectivity index (χ4v) is 2.15. The number of hydrogen-bond donors (Lipinski definition) is 2. The molecule has 1 aromatic rings. The van der Waals surface area contributed by atoms with Gasteiger partial charge in [0, 0.05) is 0 Å². The van der Waals surface area contributed by atoms with Gasteiger partial charge in [0.2, 0.25) is 0 Å². The highest BCUT2D eigenvalue weighted by molar-refractivity contribution is 7.16. The molecular formula is C13H17F3N4S. The van der Waals surface area contributed by atoms with Crippen LogP contribution in [0.2, 0.25) is 0 Å². The molecule has 0 fully saturated rings. The molecule has 4 nitrogen and oxygen atoms in total. The SMILES string of the molecule is C=C/C=C(\N=C(N)C(C)(C)C(F)(F)F)c1sc(N)nc1C. The Hall–Kier alpha value is -1.83. The molecule has 1 heterocycles. The second kappa shape index (κ2) is 5.88. The Morgan fingerprint density at radius 1 is 1.38 bits per heavy atom. The highest BCUT2D eigenvalue weighted by Gasteiger charge is 2.50. The molecule has 1 aromatic heterocycles. The van der Waals surface area contributed by atoms with E-state index < -0.39 is 17.4 Å². The van der Waals surface area contributed by atoms with E-state index in [0.717, 1.165) is 25.2 Å². The summed E-state index contributed by atoms with van der Waals surface area (Å²) in [5.74, 6) is -0.533. The van der Waals surface area contributed by atoms with Gasteiger partial charge in [-0.3, -0.25) is 0 Å². The lowest BCUT2D eigenvalue weighted by molar-refractivity contribution is -0.186. The molecule has 8 heteroatoms. The van der Waals surface area contributed by atoms with Crippen LogP contribution in [0.1, 0.15) is 24.4 Å². The van der Waals surface area contributed by atoms with Gasteiger partial charge < -0.3 is 11.5 Å². The number of rotatable bonds is 4. The van der Waals surface area contributed by atoms with Crippen molar-refractivity contribution in [3.8, 4) is 0 Å². The topological polar surface area (TPSA) is 77.3 Å². The molecule has 21 heavy (non-hydrogen) atoms. The molecule has 0 saturated carbocycles. The molecule has 0 atom stereocenters. The number of anilines is 1. The number of halogens is 3. The number of nitrogens with zero attached hydrogens (tertiary/aromatic N) is 2. The lowest BCUT2D eigenvalue weighted by atomic mass is 9.91. The molecule has 0 unspecified atom stereocenters. The van der Waals surface area contributed by atoms with E-state index in [2.05, 4.69) is 16.6 Å². The minimum atomic E-state index is -4.50. The largest absolute Gasteiger partial charge is 0.400 e. The predicted molar refractivity (Wildman–Crippen MR) is 80.9 cm³/mol. The van der Waals surface area contributed by atoms with Crippen LogP contribution >= 0.6 is 11.3 Å². The van der Waals surface area contributed by atoms with E-state index in [-0.39, 0.29) is 5.70 Å². The van der Waals surface area contributed by atoms with Gasteiger partial charge in [0.1, 0.15) is 11.3 Å². The smallest absolute Gasteiger partial charge is 0.386 e. The van der Waals surface area contributed by atoms with E-state index in [1.54, 1.807) is 6.92 Å². The van der Waals surface area contributed by atoms with Gasteiger partial charge in [-0.1, -0.05) is 24.0 Å². The van der Waals surface area contributed by atoms with Gasteiger partial charge in [-0.15, -0.1) is 0 Å². The number of aliphatic imine (C=N–C) groups is 1. The Morgan fingerprint density at radius 3 is 2.33 bits per heavy atom. The Morgan fingerprint density at radius 2 is 1.95 bits per heavy atom. The van der Waals surface area contributed by atoms with Crippen LogP contribution in [-0.2, 0) is 0 Å². The number of alkyl halides is 3. The van der Waals surface area contributed by atoms with Gasteiger partial charge in [-0.25, -0.2) is 9.98 Å². The monoisotopic (exact) mass is 318 g/mol. The lowest BCUT2D eigenvalue weighted by Crippen LogP contribution is -2.44. The maximum absolute atomic E-state index is 13.0. The van der Waals surface area contributed by atoms with Gasteiger partial charge in [-0.05, 0) is 26.8 Å². The summed E-state index contributed by atoms with van der Waals surface area (Å²) in [4.78, 5) is 8.51. The molecule has 4 N–H and O–H groups in total. The summed E-state index contributed by atoms with van der Waals surface area (Å²) in [5, 5.41) is 0.307. The number of aryl methyl sites for hydroxylation is 1. The van der Waals surface area contributed by atoms with Crippen LogP contribution < -0.4 is 11.5 Å². The number of hydrogen-bond acceptors (Lipinski definition) is 4. The van der Waals surface area contributed by atoms with Gasteiger partial charge >= 0.3 is 6.18 Å². The second-order valence-corrected chi connectivity index (χ2v) is 5.90. The molecular weight excluding hydrogens is 301 g/mol. The molecule has 0 spiro atoms. The molecule has 116 valence electrons. The number of nitrogens with two attached hydrogens (primary N) is 2. The van der Waals surface area contributed by atoms with Gasteiger partial charge in [0.25, 0.3) is 0 Å². The molecule has 0 saturated heterocycles. The van der Waals surface area contributed by atoms with Crippen molar-refractivity contribution in [2.45, 2.75) is 26.9 Å². The van der Waals surface area contributed by atoms with Crippen molar-refractivity contribution in [2.24, 2.45) is 16.1 Å². The molecule has 0 radical (unpaired) electrons. The first-order chi connectivity index (χ1) is 9.50. The van der Waals surface area contributed by atoms with Gasteiger partial charge in [0.05, 0.1) is 16.3 Å². The molecule has 0 amide bonds. The maximum Gasteiger partial charge on any atom is 0.400 e. The predicted octanol–water partition coefficient (Wildman–Crippen LogP) is 3.51. The van der Waals surface area contributed by atoms with E-state index in [1.807, 2.05) is 0 Å². The van der Waals surface area contributed by atoms with Crippen molar-refractivity contribution in [1.29, 1.82) is 0 Å². The summed E-state index contributed by atoms with van der Waals surface area (Å²) in [5.41, 5.74) is 9.76. The Bertz CT molecular complexity index is 597. The van der Waals surface area contributed by atoms with E-state index >= 15 is 0 Å². The number of allylic oxidation sites excluding steroid dienone is 2. The number of amidine groups is 1. The molecule has 0 aliphatic carbocycles. The minimum Gasteiger partial charge on any atom is -0.386 e. The van der Waals surface area contributed by atoms with E-state index in [0.29, 0.717) is 15.7 Å². The summed E-state index contributed by atoms with van der Waals surface area (Å²) < 4.78 is 38.9. The molecule has 1 rings (SSSR count). The van der Waals surface area contributed by atoms with Crippen LogP contribution in [0.25, 0.3) is 5.70 Å². The molecule has 0 bridgehead atoms. The van der Waals surface area contributed by atoms with Crippen LogP contribution in [0.3, 0.4) is 0 Å². The normalized spacial score (nSPS) is 14.4. The van der Waals surface area contributed by atoms with E-state index in [4.69, 9.17) is 11.5 Å². The standard InChI is InChI=1S/C13H17F3N4S/c1-5-6-8(9-7(2)19-11(18)21-9)20-10(17)12(3,4)13(14,15)16/h5-6H,1H2,2-4H3,(H2,17,20)(H2,18,19)/b8-6-. The fourth-order valence-electron chi connectivity index (χ4n) is 1.35. The molecule has 0 aliphatic heterocycles. The number of nitrogen functional groups attached to an aromatic ring is 1. The van der Waals surface area contributed by atoms with Crippen molar-refractivity contribution in [1.82, 2.24) is 4.98 Å². The van der Waals surface area contributed by atoms with Gasteiger partial charge in [-0.2, -0.15) is 13.2 Å². The van der Waals surface area contributed by atoms with Gasteiger partial charge in [0.15, 0.2) is 5.13 Å².